The monoisotopic (exact) mass is 495 g/mol. The largest absolute Gasteiger partial charge is 0.478 e. The zero-order valence-corrected chi connectivity index (χ0v) is 18.6. The first-order chi connectivity index (χ1) is 16.3. The lowest BCUT2D eigenvalue weighted by Crippen LogP contribution is -2.37. The third kappa shape index (κ3) is 3.47. The van der Waals surface area contributed by atoms with E-state index < -0.39 is 26.8 Å². The van der Waals surface area contributed by atoms with Gasteiger partial charge in [0.1, 0.15) is 0 Å². The highest BCUT2D eigenvalue weighted by atomic mass is 32.2. The molecule has 0 aliphatic carbocycles. The van der Waals surface area contributed by atoms with E-state index in [0.717, 1.165) is 35.6 Å². The summed E-state index contributed by atoms with van der Waals surface area (Å²) in [6.45, 7) is 0. The Morgan fingerprint density at radius 2 is 1.65 bits per heavy atom. The topological polar surface area (TPSA) is 135 Å². The van der Waals surface area contributed by atoms with E-state index in [1.807, 2.05) is 0 Å². The van der Waals surface area contributed by atoms with Crippen molar-refractivity contribution >= 4 is 60.0 Å². The number of aromatic carboxylic acids is 1. The van der Waals surface area contributed by atoms with Gasteiger partial charge in [0.25, 0.3) is 10.0 Å². The van der Waals surface area contributed by atoms with Crippen molar-refractivity contribution in [2.24, 2.45) is 0 Å². The van der Waals surface area contributed by atoms with Crippen molar-refractivity contribution in [3.8, 4) is 0 Å². The summed E-state index contributed by atoms with van der Waals surface area (Å²) in [5, 5.41) is 9.94. The minimum absolute atomic E-state index is 0.0103. The molecule has 0 saturated carbocycles. The number of amides is 1. The summed E-state index contributed by atoms with van der Waals surface area (Å²) < 4.78 is 39.0. The van der Waals surface area contributed by atoms with E-state index in [1.54, 1.807) is 24.3 Å². The summed E-state index contributed by atoms with van der Waals surface area (Å²) in [6, 6.07) is 15.3. The molecule has 2 heterocycles. The highest BCUT2D eigenvalue weighted by Crippen LogP contribution is 2.38. The van der Waals surface area contributed by atoms with E-state index in [4.69, 9.17) is 13.9 Å². The maximum Gasteiger partial charge on any atom is 0.396 e. The van der Waals surface area contributed by atoms with Crippen LogP contribution in [0.2, 0.25) is 0 Å². The van der Waals surface area contributed by atoms with Crippen LogP contribution in [0.15, 0.2) is 91.5 Å². The number of furan rings is 1. The lowest BCUT2D eigenvalue weighted by atomic mass is 10.1. The molecule has 5 aromatic rings. The molecule has 2 aromatic heterocycles. The molecule has 0 aliphatic rings. The number of rotatable bonds is 5. The lowest BCUT2D eigenvalue weighted by molar-refractivity contribution is 0.0696. The second-order valence-electron chi connectivity index (χ2n) is 7.10. The Balaban J connectivity index is 1.81. The first-order valence-corrected chi connectivity index (χ1v) is 11.9. The second kappa shape index (κ2) is 7.97. The molecule has 170 valence electrons. The fourth-order valence-corrected chi connectivity index (χ4v) is 5.70. The van der Waals surface area contributed by atoms with Crippen molar-refractivity contribution in [2.75, 3.05) is 4.31 Å². The minimum Gasteiger partial charge on any atom is -0.478 e. The van der Waals surface area contributed by atoms with E-state index in [1.165, 1.54) is 24.5 Å². The van der Waals surface area contributed by atoms with E-state index in [0.29, 0.717) is 19.8 Å². The van der Waals surface area contributed by atoms with Gasteiger partial charge in [0.15, 0.2) is 11.3 Å². The average Bonchev–Trinajstić information content (AvgIpc) is 3.48. The quantitative estimate of drug-likeness (QED) is 0.381. The summed E-state index contributed by atoms with van der Waals surface area (Å²) >= 11 is 0.776. The fourth-order valence-electron chi connectivity index (χ4n) is 3.57. The molecule has 5 rings (SSSR count). The van der Waals surface area contributed by atoms with Crippen LogP contribution in [0.1, 0.15) is 20.9 Å². The smallest absolute Gasteiger partial charge is 0.396 e. The van der Waals surface area contributed by atoms with Crippen LogP contribution < -0.4 is 9.24 Å². The predicted molar refractivity (Wildman–Crippen MR) is 124 cm³/mol. The van der Waals surface area contributed by atoms with Gasteiger partial charge in [0, 0.05) is 10.8 Å². The maximum absolute atomic E-state index is 13.8. The van der Waals surface area contributed by atoms with Crippen LogP contribution >= 0.6 is 11.3 Å². The predicted octanol–water partition coefficient (Wildman–Crippen LogP) is 4.33. The van der Waals surface area contributed by atoms with Crippen molar-refractivity contribution in [1.82, 2.24) is 0 Å². The van der Waals surface area contributed by atoms with Crippen molar-refractivity contribution in [3.63, 3.8) is 0 Å². The van der Waals surface area contributed by atoms with Gasteiger partial charge in [0.05, 0.1) is 27.1 Å². The highest BCUT2D eigenvalue weighted by Gasteiger charge is 2.35. The average molecular weight is 495 g/mol. The van der Waals surface area contributed by atoms with Crippen molar-refractivity contribution < 1.29 is 31.9 Å². The first kappa shape index (κ1) is 21.6. The zero-order chi connectivity index (χ0) is 24.0. The Bertz CT molecular complexity index is 1730. The van der Waals surface area contributed by atoms with Crippen molar-refractivity contribution in [2.45, 2.75) is 4.90 Å². The fraction of sp³-hybridized carbons (Fsp3) is 0. The molecule has 0 unspecified atom stereocenters. The number of fused-ring (bicyclic) bond motifs is 3. The second-order valence-corrected chi connectivity index (χ2v) is 9.87. The molecule has 1 N–H and O–H groups in total. The van der Waals surface area contributed by atoms with Gasteiger partial charge in [-0.2, -0.15) is 4.31 Å². The molecule has 0 fully saturated rings. The summed E-state index contributed by atoms with van der Waals surface area (Å²) in [7, 11) is -4.55. The molecule has 11 heteroatoms. The molecule has 0 saturated heterocycles. The molecule has 0 spiro atoms. The van der Waals surface area contributed by atoms with Gasteiger partial charge >= 0.3 is 16.8 Å². The number of hydrogen-bond acceptors (Lipinski definition) is 8. The summed E-state index contributed by atoms with van der Waals surface area (Å²) in [6.07, 6.45) is 1.24. The Labute approximate surface area is 195 Å². The van der Waals surface area contributed by atoms with Crippen molar-refractivity contribution in [1.29, 1.82) is 0 Å². The van der Waals surface area contributed by atoms with Crippen LogP contribution in [-0.4, -0.2) is 25.4 Å². The van der Waals surface area contributed by atoms with E-state index in [2.05, 4.69) is 0 Å². The highest BCUT2D eigenvalue weighted by molar-refractivity contribution is 7.93. The number of hydrogen-bond donors (Lipinski definition) is 1. The molecule has 0 bridgehead atoms. The molecule has 0 aliphatic heterocycles. The molecular formula is C23H13NO8S2. The van der Waals surface area contributed by atoms with Gasteiger partial charge in [-0.3, -0.25) is 4.79 Å². The van der Waals surface area contributed by atoms with Gasteiger partial charge in [-0.15, -0.1) is 0 Å². The Kier molecular flexibility index (Phi) is 5.07. The standard InChI is InChI=1S/C23H13NO8S2/c25-21(18-6-3-11-31-18)24(34(29,30)14-9-7-13(8-10-14)22(26)27)17-12-19-20(32-23(28)33-19)16-5-2-1-4-15(16)17/h1-12H,(H,26,27). The van der Waals surface area contributed by atoms with Crippen LogP contribution in [0.4, 0.5) is 5.69 Å². The van der Waals surface area contributed by atoms with Crippen LogP contribution in [0.3, 0.4) is 0 Å². The lowest BCUT2D eigenvalue weighted by Gasteiger charge is -2.23. The normalized spacial score (nSPS) is 11.6. The first-order valence-electron chi connectivity index (χ1n) is 9.69. The maximum atomic E-state index is 13.8. The number of anilines is 1. The Morgan fingerprint density at radius 1 is 0.941 bits per heavy atom. The molecule has 1 amide bonds. The van der Waals surface area contributed by atoms with Crippen LogP contribution in [0, 0.1) is 0 Å². The number of sulfonamides is 1. The van der Waals surface area contributed by atoms with E-state index >= 15 is 0 Å². The van der Waals surface area contributed by atoms with Crippen LogP contribution in [0.25, 0.3) is 21.1 Å². The van der Waals surface area contributed by atoms with Crippen LogP contribution in [-0.2, 0) is 10.0 Å². The number of benzene rings is 3. The summed E-state index contributed by atoms with van der Waals surface area (Å²) in [5.74, 6) is -2.42. The van der Waals surface area contributed by atoms with Gasteiger partial charge in [-0.05, 0) is 42.5 Å². The van der Waals surface area contributed by atoms with Crippen LogP contribution in [0.5, 0.6) is 0 Å². The molecule has 0 atom stereocenters. The number of carbonyl (C=O) groups excluding carboxylic acids is 1. The number of carboxylic acid groups (broad SMARTS) is 1. The summed E-state index contributed by atoms with van der Waals surface area (Å²) in [5.41, 5.74) is 0.157. The van der Waals surface area contributed by atoms with Crippen molar-refractivity contribution in [3.05, 3.63) is 94.1 Å². The molecule has 34 heavy (non-hydrogen) atoms. The molecule has 9 nitrogen and oxygen atoms in total. The number of carboxylic acids is 1. The Hall–Kier alpha value is -4.22. The van der Waals surface area contributed by atoms with Gasteiger partial charge in [0.2, 0.25) is 0 Å². The molecule has 0 radical (unpaired) electrons. The minimum atomic E-state index is -4.55. The summed E-state index contributed by atoms with van der Waals surface area (Å²) in [4.78, 5) is 35.7. The Morgan fingerprint density at radius 3 is 2.29 bits per heavy atom. The third-order valence-corrected chi connectivity index (χ3v) is 7.58. The third-order valence-electron chi connectivity index (χ3n) is 5.09. The number of carbonyl (C=O) groups is 2. The van der Waals surface area contributed by atoms with E-state index in [9.17, 15) is 22.8 Å². The SMILES string of the molecule is O=C(O)c1ccc(S(=O)(=O)N(C(=O)c2ccco2)c2cc3sc(=O)oc3c3ccccc23)cc1. The molecular weight excluding hydrogens is 482 g/mol. The van der Waals surface area contributed by atoms with E-state index in [-0.39, 0.29) is 27.5 Å². The molecule has 3 aromatic carbocycles. The zero-order valence-electron chi connectivity index (χ0n) is 17.0. The van der Waals surface area contributed by atoms with Gasteiger partial charge in [-0.25, -0.2) is 18.0 Å². The van der Waals surface area contributed by atoms with Gasteiger partial charge in [-0.1, -0.05) is 35.6 Å². The number of nitrogens with zero attached hydrogens (tertiary/aromatic N) is 1. The van der Waals surface area contributed by atoms with Gasteiger partial charge < -0.3 is 13.9 Å².